The summed E-state index contributed by atoms with van der Waals surface area (Å²) in [4.78, 5) is 52.4. The van der Waals surface area contributed by atoms with Gasteiger partial charge >= 0.3 is 0 Å². The summed E-state index contributed by atoms with van der Waals surface area (Å²) in [5, 5.41) is 5.65. The van der Waals surface area contributed by atoms with Gasteiger partial charge in [-0.15, -0.1) is 0 Å². The Morgan fingerprint density at radius 2 is 0.750 bits per heavy atom. The monoisotopic (exact) mass is 580 g/mol. The van der Waals surface area contributed by atoms with E-state index in [-0.39, 0.29) is 22.7 Å². The van der Waals surface area contributed by atoms with Crippen LogP contribution in [0.5, 0.6) is 0 Å². The fourth-order valence-corrected chi connectivity index (χ4v) is 4.78. The number of hydrogen-bond donors (Lipinski definition) is 2. The van der Waals surface area contributed by atoms with Crippen molar-refractivity contribution in [2.24, 2.45) is 0 Å². The number of carbonyl (C=O) groups is 4. The summed E-state index contributed by atoms with van der Waals surface area (Å²) in [5.74, 6) is -1.11. The minimum absolute atomic E-state index is 0.136. The summed E-state index contributed by atoms with van der Waals surface area (Å²) in [6, 6.07) is 31.0. The molecule has 0 aliphatic rings. The molecule has 0 fully saturated rings. The molecule has 0 aromatic heterocycles. The third-order valence-corrected chi connectivity index (χ3v) is 7.69. The average molecular weight is 581 g/mol. The molecule has 0 bridgehead atoms. The van der Waals surface area contributed by atoms with E-state index >= 15 is 0 Å². The maximum Gasteiger partial charge on any atom is 0.255 e. The first-order chi connectivity index (χ1) is 21.1. The first-order valence-electron chi connectivity index (χ1n) is 14.3. The van der Waals surface area contributed by atoms with E-state index in [9.17, 15) is 19.2 Å². The minimum atomic E-state index is -0.420. The van der Waals surface area contributed by atoms with Crippen molar-refractivity contribution < 1.29 is 19.2 Å². The molecule has 2 N–H and O–H groups in total. The SMILES string of the molecule is Cc1ccc(C(=O)c2cccc(NC(=O)c3cccc(C(=O)Nc4cccc(C(=O)c5ccc(C)c(C)c5)c4)c3)c2)cc1C. The van der Waals surface area contributed by atoms with Crippen LogP contribution in [0, 0.1) is 27.7 Å². The van der Waals surface area contributed by atoms with E-state index in [2.05, 4.69) is 10.6 Å². The van der Waals surface area contributed by atoms with Gasteiger partial charge in [0.25, 0.3) is 11.8 Å². The lowest BCUT2D eigenvalue weighted by Gasteiger charge is -2.10. The normalized spacial score (nSPS) is 10.6. The zero-order valence-corrected chi connectivity index (χ0v) is 25.0. The lowest BCUT2D eigenvalue weighted by atomic mass is 9.99. The molecule has 2 amide bonds. The Balaban J connectivity index is 1.28. The number of anilines is 2. The van der Waals surface area contributed by atoms with E-state index in [4.69, 9.17) is 0 Å². The van der Waals surface area contributed by atoms with Gasteiger partial charge in [0, 0.05) is 44.8 Å². The summed E-state index contributed by atoms with van der Waals surface area (Å²) in [6.07, 6.45) is 0. The number of rotatable bonds is 8. The molecule has 44 heavy (non-hydrogen) atoms. The Morgan fingerprint density at radius 3 is 1.16 bits per heavy atom. The van der Waals surface area contributed by atoms with Gasteiger partial charge in [-0.25, -0.2) is 0 Å². The van der Waals surface area contributed by atoms with Gasteiger partial charge in [0.05, 0.1) is 0 Å². The second-order valence-corrected chi connectivity index (χ2v) is 10.9. The van der Waals surface area contributed by atoms with Gasteiger partial charge in [-0.05, 0) is 105 Å². The van der Waals surface area contributed by atoms with Crippen LogP contribution in [0.15, 0.2) is 109 Å². The second kappa shape index (κ2) is 12.7. The van der Waals surface area contributed by atoms with Crippen LogP contribution in [-0.2, 0) is 0 Å². The third kappa shape index (κ3) is 6.71. The summed E-state index contributed by atoms with van der Waals surface area (Å²) >= 11 is 0. The van der Waals surface area contributed by atoms with Crippen molar-refractivity contribution in [3.63, 3.8) is 0 Å². The van der Waals surface area contributed by atoms with Crippen molar-refractivity contribution in [3.05, 3.63) is 165 Å². The minimum Gasteiger partial charge on any atom is -0.322 e. The Bertz CT molecular complexity index is 1800. The maximum absolute atomic E-state index is 13.1. The highest BCUT2D eigenvalue weighted by Gasteiger charge is 2.15. The van der Waals surface area contributed by atoms with Gasteiger partial charge in [-0.2, -0.15) is 0 Å². The molecule has 0 saturated carbocycles. The number of hydrogen-bond acceptors (Lipinski definition) is 4. The van der Waals surface area contributed by atoms with E-state index in [1.54, 1.807) is 78.9 Å². The molecule has 0 heterocycles. The number of ketones is 2. The smallest absolute Gasteiger partial charge is 0.255 e. The Morgan fingerprint density at radius 1 is 0.386 bits per heavy atom. The molecule has 0 aliphatic heterocycles. The topological polar surface area (TPSA) is 92.3 Å². The summed E-state index contributed by atoms with van der Waals surface area (Å²) in [6.45, 7) is 7.91. The lowest BCUT2D eigenvalue weighted by Crippen LogP contribution is -2.16. The molecule has 0 spiro atoms. The van der Waals surface area contributed by atoms with Gasteiger partial charge in [-0.1, -0.05) is 54.6 Å². The van der Waals surface area contributed by atoms with Gasteiger partial charge in [0.2, 0.25) is 0 Å². The van der Waals surface area contributed by atoms with Crippen LogP contribution >= 0.6 is 0 Å². The Hall–Kier alpha value is -5.62. The van der Waals surface area contributed by atoms with Crippen LogP contribution in [0.3, 0.4) is 0 Å². The average Bonchev–Trinajstić information content (AvgIpc) is 3.03. The highest BCUT2D eigenvalue weighted by molar-refractivity contribution is 6.12. The molecule has 5 rings (SSSR count). The molecular formula is C38H32N2O4. The summed E-state index contributed by atoms with van der Waals surface area (Å²) < 4.78 is 0. The fourth-order valence-electron chi connectivity index (χ4n) is 4.78. The van der Waals surface area contributed by atoms with E-state index in [0.717, 1.165) is 22.3 Å². The molecule has 218 valence electrons. The van der Waals surface area contributed by atoms with Crippen LogP contribution in [0.4, 0.5) is 11.4 Å². The molecule has 6 nitrogen and oxygen atoms in total. The van der Waals surface area contributed by atoms with Gasteiger partial charge in [-0.3, -0.25) is 19.2 Å². The van der Waals surface area contributed by atoms with Gasteiger partial charge in [0.1, 0.15) is 0 Å². The number of benzene rings is 5. The largest absolute Gasteiger partial charge is 0.322 e. The lowest BCUT2D eigenvalue weighted by molar-refractivity contribution is 0.101. The standard InChI is InChI=1S/C38H32N2O4/c1-23-14-16-29(18-25(23)3)35(41)27-8-6-12-33(21-27)39-37(43)31-10-5-11-32(20-31)38(44)40-34-13-7-9-28(22-34)36(42)30-17-15-24(2)26(4)19-30/h5-22H,1-4H3,(H,39,43)(H,40,44). The Kier molecular flexibility index (Phi) is 8.63. The first kappa shape index (κ1) is 29.9. The summed E-state index contributed by atoms with van der Waals surface area (Å²) in [5.41, 5.74) is 7.83. The number of aryl methyl sites for hydroxylation is 4. The van der Waals surface area contributed by atoms with Crippen LogP contribution in [-0.4, -0.2) is 23.4 Å². The Labute approximate surface area is 256 Å². The van der Waals surface area contributed by atoms with Crippen LogP contribution < -0.4 is 10.6 Å². The molecule has 6 heteroatoms. The first-order valence-corrected chi connectivity index (χ1v) is 14.3. The molecule has 0 atom stereocenters. The molecule has 0 radical (unpaired) electrons. The summed E-state index contributed by atoms with van der Waals surface area (Å²) in [7, 11) is 0. The number of carbonyl (C=O) groups excluding carboxylic acids is 4. The zero-order valence-electron chi connectivity index (χ0n) is 25.0. The van der Waals surface area contributed by atoms with Crippen molar-refractivity contribution in [3.8, 4) is 0 Å². The quantitative estimate of drug-likeness (QED) is 0.183. The number of amides is 2. The van der Waals surface area contributed by atoms with Crippen molar-refractivity contribution in [1.82, 2.24) is 0 Å². The fraction of sp³-hybridized carbons (Fsp3) is 0.105. The second-order valence-electron chi connectivity index (χ2n) is 10.9. The highest BCUT2D eigenvalue weighted by atomic mass is 16.2. The van der Waals surface area contributed by atoms with Crippen molar-refractivity contribution in [2.45, 2.75) is 27.7 Å². The molecule has 5 aromatic carbocycles. The molecule has 0 saturated heterocycles. The van der Waals surface area contributed by atoms with Crippen LogP contribution in [0.2, 0.25) is 0 Å². The molecule has 5 aromatic rings. The van der Waals surface area contributed by atoms with E-state index in [1.165, 1.54) is 6.07 Å². The molecular weight excluding hydrogens is 548 g/mol. The van der Waals surface area contributed by atoms with E-state index < -0.39 is 11.8 Å². The van der Waals surface area contributed by atoms with Crippen molar-refractivity contribution in [2.75, 3.05) is 10.6 Å². The number of nitrogens with one attached hydrogen (secondary N) is 2. The van der Waals surface area contributed by atoms with Gasteiger partial charge < -0.3 is 10.6 Å². The highest BCUT2D eigenvalue weighted by Crippen LogP contribution is 2.20. The zero-order chi connectivity index (χ0) is 31.4. The van der Waals surface area contributed by atoms with Crippen molar-refractivity contribution in [1.29, 1.82) is 0 Å². The van der Waals surface area contributed by atoms with E-state index in [1.807, 2.05) is 52.0 Å². The maximum atomic E-state index is 13.1. The predicted octanol–water partition coefficient (Wildman–Crippen LogP) is 7.89. The van der Waals surface area contributed by atoms with Gasteiger partial charge in [0.15, 0.2) is 11.6 Å². The molecule has 0 aliphatic carbocycles. The van der Waals surface area contributed by atoms with Crippen LogP contribution in [0.25, 0.3) is 0 Å². The van der Waals surface area contributed by atoms with E-state index in [0.29, 0.717) is 33.6 Å². The third-order valence-electron chi connectivity index (χ3n) is 7.69. The predicted molar refractivity (Wildman–Crippen MR) is 174 cm³/mol. The molecule has 0 unspecified atom stereocenters. The van der Waals surface area contributed by atoms with Crippen LogP contribution in [0.1, 0.15) is 74.8 Å². The van der Waals surface area contributed by atoms with Crippen molar-refractivity contribution >= 4 is 34.8 Å².